The highest BCUT2D eigenvalue weighted by atomic mass is 32.1. The largest absolute Gasteiger partial charge is 0.397 e. The van der Waals surface area contributed by atoms with E-state index in [0.717, 1.165) is 16.9 Å². The van der Waals surface area contributed by atoms with E-state index < -0.39 is 0 Å². The summed E-state index contributed by atoms with van der Waals surface area (Å²) < 4.78 is 0. The van der Waals surface area contributed by atoms with Crippen molar-refractivity contribution in [3.05, 3.63) is 39.8 Å². The van der Waals surface area contributed by atoms with Gasteiger partial charge < -0.3 is 5.73 Å². The van der Waals surface area contributed by atoms with Crippen molar-refractivity contribution in [1.82, 2.24) is 0 Å². The molecule has 0 saturated heterocycles. The molecule has 2 aromatic rings. The zero-order chi connectivity index (χ0) is 13.3. The topological polar surface area (TPSA) is 49.8 Å². The normalized spacial score (nSPS) is 10.3. The Kier molecular flexibility index (Phi) is 3.40. The minimum absolute atomic E-state index is 0.629. The predicted molar refractivity (Wildman–Crippen MR) is 77.7 cm³/mol. The summed E-state index contributed by atoms with van der Waals surface area (Å²) in [6.07, 6.45) is 0.854. The van der Waals surface area contributed by atoms with Crippen LogP contribution in [0.3, 0.4) is 0 Å². The van der Waals surface area contributed by atoms with Gasteiger partial charge in [0, 0.05) is 4.88 Å². The van der Waals surface area contributed by atoms with Crippen molar-refractivity contribution in [2.75, 3.05) is 5.73 Å². The third-order valence-electron chi connectivity index (χ3n) is 3.21. The van der Waals surface area contributed by atoms with Crippen molar-refractivity contribution in [1.29, 1.82) is 5.26 Å². The Labute approximate surface area is 112 Å². The molecule has 0 amide bonds. The molecule has 1 aromatic heterocycles. The third kappa shape index (κ3) is 1.89. The summed E-state index contributed by atoms with van der Waals surface area (Å²) in [6, 6.07) is 8.45. The lowest BCUT2D eigenvalue weighted by atomic mass is 9.98. The van der Waals surface area contributed by atoms with E-state index in [1.165, 1.54) is 28.0 Å². The van der Waals surface area contributed by atoms with E-state index >= 15 is 0 Å². The summed E-state index contributed by atoms with van der Waals surface area (Å²) in [5, 5.41) is 9.12. The quantitative estimate of drug-likeness (QED) is 0.881. The Morgan fingerprint density at radius 1 is 1.28 bits per heavy atom. The van der Waals surface area contributed by atoms with Gasteiger partial charge in [0.2, 0.25) is 0 Å². The van der Waals surface area contributed by atoms with E-state index in [-0.39, 0.29) is 0 Å². The van der Waals surface area contributed by atoms with E-state index in [4.69, 9.17) is 11.0 Å². The van der Waals surface area contributed by atoms with E-state index in [1.807, 2.05) is 0 Å². The van der Waals surface area contributed by atoms with Gasteiger partial charge in [0.05, 0.1) is 5.69 Å². The number of rotatable bonds is 2. The Balaban J connectivity index is 2.76. The Bertz CT molecular complexity index is 612. The number of nitriles is 1. The molecule has 0 atom stereocenters. The van der Waals surface area contributed by atoms with Crippen LogP contribution in [0.4, 0.5) is 5.69 Å². The van der Waals surface area contributed by atoms with Crippen LogP contribution in [0, 0.1) is 25.2 Å². The molecular formula is C15H16N2S. The second-order valence-electron chi connectivity index (χ2n) is 4.38. The van der Waals surface area contributed by atoms with Crippen LogP contribution in [0.5, 0.6) is 0 Å². The first-order chi connectivity index (χ1) is 8.60. The molecule has 2 N–H and O–H groups in total. The number of anilines is 1. The van der Waals surface area contributed by atoms with Gasteiger partial charge in [-0.15, -0.1) is 11.3 Å². The number of aryl methyl sites for hydroxylation is 2. The van der Waals surface area contributed by atoms with Gasteiger partial charge in [0.1, 0.15) is 10.9 Å². The number of nitrogen functional groups attached to an aromatic ring is 1. The van der Waals surface area contributed by atoms with Crippen LogP contribution in [-0.4, -0.2) is 0 Å². The molecule has 1 aromatic carbocycles. The van der Waals surface area contributed by atoms with Gasteiger partial charge in [0.25, 0.3) is 0 Å². The summed E-state index contributed by atoms with van der Waals surface area (Å²) in [6.45, 7) is 6.28. The smallest absolute Gasteiger partial charge is 0.128 e. The summed E-state index contributed by atoms with van der Waals surface area (Å²) in [5.74, 6) is 0. The van der Waals surface area contributed by atoms with E-state index in [2.05, 4.69) is 45.0 Å². The second-order valence-corrected chi connectivity index (χ2v) is 5.41. The van der Waals surface area contributed by atoms with Gasteiger partial charge >= 0.3 is 0 Å². The fraction of sp³-hybridized carbons (Fsp3) is 0.267. The Morgan fingerprint density at radius 2 is 1.89 bits per heavy atom. The van der Waals surface area contributed by atoms with Crippen LogP contribution >= 0.6 is 11.3 Å². The van der Waals surface area contributed by atoms with E-state index in [1.54, 1.807) is 0 Å². The van der Waals surface area contributed by atoms with E-state index in [0.29, 0.717) is 10.6 Å². The lowest BCUT2D eigenvalue weighted by Crippen LogP contribution is -1.93. The van der Waals surface area contributed by atoms with Crippen molar-refractivity contribution in [3.8, 4) is 16.5 Å². The lowest BCUT2D eigenvalue weighted by molar-refractivity contribution is 1.16. The van der Waals surface area contributed by atoms with Crippen LogP contribution < -0.4 is 5.73 Å². The average molecular weight is 256 g/mol. The van der Waals surface area contributed by atoms with Crippen LogP contribution in [0.2, 0.25) is 0 Å². The molecule has 0 aliphatic rings. The summed E-state index contributed by atoms with van der Waals surface area (Å²) in [4.78, 5) is 1.78. The first kappa shape index (κ1) is 12.7. The Morgan fingerprint density at radius 3 is 2.39 bits per heavy atom. The summed E-state index contributed by atoms with van der Waals surface area (Å²) in [7, 11) is 0. The molecule has 0 radical (unpaired) electrons. The maximum Gasteiger partial charge on any atom is 0.128 e. The standard InChI is InChI=1S/C15H16N2S/c1-4-11-14(17)12(8-16)18-15(11)13-9(2)6-5-7-10(13)3/h5-7H,4,17H2,1-3H3. The maximum absolute atomic E-state index is 9.12. The highest BCUT2D eigenvalue weighted by Crippen LogP contribution is 2.41. The van der Waals surface area contributed by atoms with Crippen molar-refractivity contribution < 1.29 is 0 Å². The van der Waals surface area contributed by atoms with Crippen LogP contribution in [0.25, 0.3) is 10.4 Å². The highest BCUT2D eigenvalue weighted by molar-refractivity contribution is 7.16. The van der Waals surface area contributed by atoms with Gasteiger partial charge in [-0.25, -0.2) is 0 Å². The first-order valence-electron chi connectivity index (χ1n) is 5.98. The minimum atomic E-state index is 0.629. The zero-order valence-electron chi connectivity index (χ0n) is 10.9. The molecule has 0 aliphatic heterocycles. The summed E-state index contributed by atoms with van der Waals surface area (Å²) in [5.41, 5.74) is 11.5. The number of benzene rings is 1. The van der Waals surface area contributed by atoms with Gasteiger partial charge in [-0.2, -0.15) is 5.26 Å². The molecule has 0 spiro atoms. The molecule has 0 aliphatic carbocycles. The average Bonchev–Trinajstić information content (AvgIpc) is 2.65. The van der Waals surface area contributed by atoms with Crippen LogP contribution in [0.1, 0.15) is 28.5 Å². The van der Waals surface area contributed by atoms with Gasteiger partial charge in [-0.05, 0) is 42.5 Å². The SMILES string of the molecule is CCc1c(-c2c(C)cccc2C)sc(C#N)c1N. The van der Waals surface area contributed by atoms with Gasteiger partial charge in [-0.1, -0.05) is 25.1 Å². The predicted octanol–water partition coefficient (Wildman–Crippen LogP) is 4.05. The lowest BCUT2D eigenvalue weighted by Gasteiger charge is -2.09. The van der Waals surface area contributed by atoms with Crippen molar-refractivity contribution >= 4 is 17.0 Å². The number of hydrogen-bond donors (Lipinski definition) is 1. The monoisotopic (exact) mass is 256 g/mol. The molecular weight excluding hydrogens is 240 g/mol. The molecule has 2 rings (SSSR count). The molecule has 0 unspecified atom stereocenters. The van der Waals surface area contributed by atoms with Crippen molar-refractivity contribution in [3.63, 3.8) is 0 Å². The number of nitrogens with two attached hydrogens (primary N) is 1. The fourth-order valence-electron chi connectivity index (χ4n) is 2.29. The van der Waals surface area contributed by atoms with Crippen LogP contribution in [-0.2, 0) is 6.42 Å². The molecule has 2 nitrogen and oxygen atoms in total. The van der Waals surface area contributed by atoms with E-state index in [9.17, 15) is 0 Å². The third-order valence-corrected chi connectivity index (χ3v) is 4.38. The number of nitrogens with zero attached hydrogens (tertiary/aromatic N) is 1. The first-order valence-corrected chi connectivity index (χ1v) is 6.79. The molecule has 92 valence electrons. The molecule has 18 heavy (non-hydrogen) atoms. The fourth-order valence-corrected chi connectivity index (χ4v) is 3.57. The molecule has 1 heterocycles. The van der Waals surface area contributed by atoms with Crippen LogP contribution in [0.15, 0.2) is 18.2 Å². The second kappa shape index (κ2) is 4.83. The minimum Gasteiger partial charge on any atom is -0.397 e. The molecule has 0 saturated carbocycles. The number of hydrogen-bond acceptors (Lipinski definition) is 3. The molecule has 3 heteroatoms. The highest BCUT2D eigenvalue weighted by Gasteiger charge is 2.18. The van der Waals surface area contributed by atoms with Gasteiger partial charge in [-0.3, -0.25) is 0 Å². The molecule has 0 fully saturated rings. The zero-order valence-corrected chi connectivity index (χ0v) is 11.7. The van der Waals surface area contributed by atoms with Crippen molar-refractivity contribution in [2.45, 2.75) is 27.2 Å². The van der Waals surface area contributed by atoms with Crippen molar-refractivity contribution in [2.24, 2.45) is 0 Å². The Hall–Kier alpha value is -1.79. The summed E-state index contributed by atoms with van der Waals surface area (Å²) >= 11 is 1.51. The molecule has 0 bridgehead atoms. The maximum atomic E-state index is 9.12. The van der Waals surface area contributed by atoms with Gasteiger partial charge in [0.15, 0.2) is 0 Å². The number of thiophene rings is 1.